The summed E-state index contributed by atoms with van der Waals surface area (Å²) in [5.41, 5.74) is 0.487. The summed E-state index contributed by atoms with van der Waals surface area (Å²) in [5, 5.41) is 22.2. The minimum atomic E-state index is -0.900. The molecule has 0 spiro atoms. The third-order valence-corrected chi connectivity index (χ3v) is 4.05. The number of aliphatic hydroxyl groups excluding tert-OH is 2. The van der Waals surface area contributed by atoms with Gasteiger partial charge in [0.2, 0.25) is 0 Å². The molecule has 19 heavy (non-hydrogen) atoms. The van der Waals surface area contributed by atoms with Crippen molar-refractivity contribution in [1.82, 2.24) is 4.98 Å². The second kappa shape index (κ2) is 5.77. The Morgan fingerprint density at radius 2 is 2.05 bits per heavy atom. The lowest BCUT2D eigenvalue weighted by Gasteiger charge is -2.29. The van der Waals surface area contributed by atoms with Crippen LogP contribution in [0.5, 0.6) is 0 Å². The van der Waals surface area contributed by atoms with Gasteiger partial charge in [0, 0.05) is 17.2 Å². The second-order valence-electron chi connectivity index (χ2n) is 4.64. The highest BCUT2D eigenvalue weighted by Gasteiger charge is 2.32. The number of hydrogen-bond acceptors (Lipinski definition) is 4. The van der Waals surface area contributed by atoms with Crippen LogP contribution >= 0.6 is 11.3 Å². The summed E-state index contributed by atoms with van der Waals surface area (Å²) in [5.74, 6) is -0.377. The molecule has 0 bridgehead atoms. The molecule has 3 nitrogen and oxygen atoms in total. The Balaban J connectivity index is 2.37. The van der Waals surface area contributed by atoms with Gasteiger partial charge in [-0.05, 0) is 24.6 Å². The van der Waals surface area contributed by atoms with E-state index in [0.717, 1.165) is 10.7 Å². The first-order valence-electron chi connectivity index (χ1n) is 5.98. The number of halogens is 1. The molecule has 0 aliphatic heterocycles. The molecule has 2 N–H and O–H groups in total. The van der Waals surface area contributed by atoms with Crippen LogP contribution < -0.4 is 0 Å². The van der Waals surface area contributed by atoms with Gasteiger partial charge in [-0.15, -0.1) is 11.3 Å². The first-order chi connectivity index (χ1) is 9.09. The fraction of sp³-hybridized carbons (Fsp3) is 0.357. The molecule has 5 heteroatoms. The maximum atomic E-state index is 13.3. The third-order valence-electron chi connectivity index (χ3n) is 3.23. The Hall–Kier alpha value is -1.30. The van der Waals surface area contributed by atoms with Crippen molar-refractivity contribution in [3.63, 3.8) is 0 Å². The van der Waals surface area contributed by atoms with Gasteiger partial charge >= 0.3 is 0 Å². The molecular formula is C14H16FNO2S. The lowest BCUT2D eigenvalue weighted by Crippen LogP contribution is -2.37. The smallest absolute Gasteiger partial charge is 0.123 e. The van der Waals surface area contributed by atoms with E-state index in [1.165, 1.54) is 23.5 Å². The highest BCUT2D eigenvalue weighted by molar-refractivity contribution is 7.09. The summed E-state index contributed by atoms with van der Waals surface area (Å²) in [6.45, 7) is 1.38. The molecule has 0 radical (unpaired) electrons. The van der Waals surface area contributed by atoms with E-state index in [2.05, 4.69) is 4.98 Å². The lowest BCUT2D eigenvalue weighted by atomic mass is 9.78. The van der Waals surface area contributed by atoms with Crippen LogP contribution in [0.3, 0.4) is 0 Å². The quantitative estimate of drug-likeness (QED) is 0.882. The topological polar surface area (TPSA) is 53.4 Å². The minimum Gasteiger partial charge on any atom is -0.395 e. The first kappa shape index (κ1) is 14.1. The standard InChI is InChI=1S/C14H16FNO2S/c1-10-16-13(7-19-10)6-14(8-17,9-18)11-3-2-4-12(15)5-11/h2-5,7,17-18H,6,8-9H2,1H3. The van der Waals surface area contributed by atoms with E-state index >= 15 is 0 Å². The molecular weight excluding hydrogens is 265 g/mol. The molecule has 2 rings (SSSR count). The Morgan fingerprint density at radius 3 is 2.58 bits per heavy atom. The van der Waals surface area contributed by atoms with Gasteiger partial charge in [-0.3, -0.25) is 0 Å². The van der Waals surface area contributed by atoms with Gasteiger partial charge in [-0.2, -0.15) is 0 Å². The lowest BCUT2D eigenvalue weighted by molar-refractivity contribution is 0.115. The fourth-order valence-corrected chi connectivity index (χ4v) is 2.71. The molecule has 2 aromatic rings. The van der Waals surface area contributed by atoms with Crippen LogP contribution in [0.15, 0.2) is 29.6 Å². The zero-order valence-electron chi connectivity index (χ0n) is 10.6. The van der Waals surface area contributed by atoms with E-state index in [4.69, 9.17) is 0 Å². The maximum Gasteiger partial charge on any atom is 0.123 e. The summed E-state index contributed by atoms with van der Waals surface area (Å²) in [6.07, 6.45) is 0.383. The van der Waals surface area contributed by atoms with E-state index < -0.39 is 5.41 Å². The molecule has 0 saturated carbocycles. The largest absolute Gasteiger partial charge is 0.395 e. The van der Waals surface area contributed by atoms with Gasteiger partial charge in [0.15, 0.2) is 0 Å². The average Bonchev–Trinajstić information content (AvgIpc) is 2.81. The van der Waals surface area contributed by atoms with Crippen LogP contribution in [0.2, 0.25) is 0 Å². The molecule has 102 valence electrons. The normalized spacial score (nSPS) is 11.8. The van der Waals surface area contributed by atoms with Crippen LogP contribution in [0.4, 0.5) is 4.39 Å². The number of nitrogens with zero attached hydrogens (tertiary/aromatic N) is 1. The van der Waals surface area contributed by atoms with E-state index in [-0.39, 0.29) is 19.0 Å². The summed E-state index contributed by atoms with van der Waals surface area (Å²) >= 11 is 1.52. The van der Waals surface area contributed by atoms with E-state index in [1.54, 1.807) is 12.1 Å². The number of rotatable bonds is 5. The van der Waals surface area contributed by atoms with Crippen molar-refractivity contribution in [2.45, 2.75) is 18.8 Å². The van der Waals surface area contributed by atoms with Crippen molar-refractivity contribution in [3.8, 4) is 0 Å². The van der Waals surface area contributed by atoms with Crippen molar-refractivity contribution in [2.75, 3.05) is 13.2 Å². The fourth-order valence-electron chi connectivity index (χ4n) is 2.10. The third kappa shape index (κ3) is 3.00. The zero-order chi connectivity index (χ0) is 13.9. The van der Waals surface area contributed by atoms with Gasteiger partial charge in [-0.25, -0.2) is 9.37 Å². The van der Waals surface area contributed by atoms with Crippen molar-refractivity contribution in [2.24, 2.45) is 0 Å². The molecule has 1 aromatic heterocycles. The van der Waals surface area contributed by atoms with E-state index in [9.17, 15) is 14.6 Å². The Labute approximate surface area is 115 Å². The van der Waals surface area contributed by atoms with Crippen LogP contribution in [0.25, 0.3) is 0 Å². The van der Waals surface area contributed by atoms with Crippen molar-refractivity contribution in [3.05, 3.63) is 51.7 Å². The predicted molar refractivity (Wildman–Crippen MR) is 72.8 cm³/mol. The predicted octanol–water partition coefficient (Wildman–Crippen LogP) is 2.06. The number of aliphatic hydroxyl groups is 2. The van der Waals surface area contributed by atoms with E-state index in [1.807, 2.05) is 12.3 Å². The van der Waals surface area contributed by atoms with Crippen molar-refractivity contribution in [1.29, 1.82) is 0 Å². The summed E-state index contributed by atoms with van der Waals surface area (Å²) in [4.78, 5) is 4.34. The average molecular weight is 281 g/mol. The molecule has 0 amide bonds. The highest BCUT2D eigenvalue weighted by atomic mass is 32.1. The molecule has 0 unspecified atom stereocenters. The molecule has 1 heterocycles. The second-order valence-corrected chi connectivity index (χ2v) is 5.70. The monoisotopic (exact) mass is 281 g/mol. The summed E-state index contributed by atoms with van der Waals surface area (Å²) in [6, 6.07) is 5.99. The molecule has 0 aliphatic carbocycles. The number of aromatic nitrogens is 1. The molecule has 1 aromatic carbocycles. The SMILES string of the molecule is Cc1nc(CC(CO)(CO)c2cccc(F)c2)cs1. The van der Waals surface area contributed by atoms with Crippen molar-refractivity contribution >= 4 is 11.3 Å². The number of benzene rings is 1. The van der Waals surface area contributed by atoms with Gasteiger partial charge in [0.1, 0.15) is 5.82 Å². The summed E-state index contributed by atoms with van der Waals surface area (Å²) < 4.78 is 13.3. The van der Waals surface area contributed by atoms with Gasteiger partial charge in [-0.1, -0.05) is 12.1 Å². The zero-order valence-corrected chi connectivity index (χ0v) is 11.5. The number of aryl methyl sites for hydroxylation is 1. The number of hydrogen-bond donors (Lipinski definition) is 2. The van der Waals surface area contributed by atoms with E-state index in [0.29, 0.717) is 12.0 Å². The van der Waals surface area contributed by atoms with Crippen LogP contribution in [0.1, 0.15) is 16.3 Å². The van der Waals surface area contributed by atoms with Gasteiger partial charge in [0.25, 0.3) is 0 Å². The first-order valence-corrected chi connectivity index (χ1v) is 6.86. The Morgan fingerprint density at radius 1 is 1.32 bits per heavy atom. The Kier molecular flexibility index (Phi) is 4.29. The van der Waals surface area contributed by atoms with Crippen LogP contribution in [-0.2, 0) is 11.8 Å². The van der Waals surface area contributed by atoms with Gasteiger partial charge < -0.3 is 10.2 Å². The van der Waals surface area contributed by atoms with Crippen molar-refractivity contribution < 1.29 is 14.6 Å². The number of thiazole rings is 1. The minimum absolute atomic E-state index is 0.260. The summed E-state index contributed by atoms with van der Waals surface area (Å²) in [7, 11) is 0. The Bertz CT molecular complexity index is 552. The van der Waals surface area contributed by atoms with Gasteiger partial charge in [0.05, 0.1) is 23.9 Å². The maximum absolute atomic E-state index is 13.3. The molecule has 0 atom stereocenters. The van der Waals surface area contributed by atoms with Crippen LogP contribution in [0, 0.1) is 12.7 Å². The molecule has 0 aliphatic rings. The molecule has 0 fully saturated rings. The highest BCUT2D eigenvalue weighted by Crippen LogP contribution is 2.29. The van der Waals surface area contributed by atoms with Crippen LogP contribution in [-0.4, -0.2) is 28.4 Å². The molecule has 0 saturated heterocycles.